The van der Waals surface area contributed by atoms with Crippen molar-refractivity contribution in [3.05, 3.63) is 84.9 Å². The molecule has 0 spiro atoms. The summed E-state index contributed by atoms with van der Waals surface area (Å²) in [4.78, 5) is 0. The fourth-order valence-electron chi connectivity index (χ4n) is 4.89. The molecule has 0 unspecified atom stereocenters. The van der Waals surface area contributed by atoms with E-state index in [0.717, 1.165) is 18.6 Å². The topological polar surface area (TPSA) is 57.2 Å². The second kappa shape index (κ2) is 14.5. The molecule has 3 aromatic carbocycles. The van der Waals surface area contributed by atoms with Crippen LogP contribution >= 0.6 is 0 Å². The van der Waals surface area contributed by atoms with Gasteiger partial charge in [0.2, 0.25) is 0 Å². The molecule has 5 nitrogen and oxygen atoms in total. The molecule has 0 bridgehead atoms. The number of rotatable bonds is 15. The molecule has 3 aromatic rings. The normalized spacial score (nSPS) is 13.6. The standard InChI is InChI=1S/C32H44O5Si/c1-6-7-18-31(33)26(23-35-25-36-28-21-19-27(34-5)20-22-28)24-37-38(32(2,3)4,29-14-10-8-11-15-29)30-16-12-9-13-17-30/h8-17,19-22,26,31,33H,6-7,18,23-25H2,1-5H3/t26-,31-/m0/s1. The fourth-order valence-corrected chi connectivity index (χ4v) is 9.51. The van der Waals surface area contributed by atoms with Crippen LogP contribution in [-0.2, 0) is 9.16 Å². The summed E-state index contributed by atoms with van der Waals surface area (Å²) in [6.07, 6.45) is 2.18. The van der Waals surface area contributed by atoms with Gasteiger partial charge >= 0.3 is 0 Å². The van der Waals surface area contributed by atoms with Crippen molar-refractivity contribution in [2.45, 2.75) is 58.1 Å². The molecule has 3 rings (SSSR count). The van der Waals surface area contributed by atoms with Crippen LogP contribution in [0.1, 0.15) is 47.0 Å². The quantitative estimate of drug-likeness (QED) is 0.151. The lowest BCUT2D eigenvalue weighted by Crippen LogP contribution is -2.67. The van der Waals surface area contributed by atoms with Crippen molar-refractivity contribution in [3.8, 4) is 11.5 Å². The van der Waals surface area contributed by atoms with Crippen molar-refractivity contribution >= 4 is 18.7 Å². The lowest BCUT2D eigenvalue weighted by Gasteiger charge is -2.44. The number of unbranched alkanes of at least 4 members (excludes halogenated alkanes) is 1. The van der Waals surface area contributed by atoms with E-state index in [-0.39, 0.29) is 17.7 Å². The first kappa shape index (κ1) is 29.9. The van der Waals surface area contributed by atoms with E-state index in [2.05, 4.69) is 76.2 Å². The molecule has 206 valence electrons. The van der Waals surface area contributed by atoms with Crippen LogP contribution < -0.4 is 19.8 Å². The average molecular weight is 537 g/mol. The number of benzene rings is 3. The molecule has 6 heteroatoms. The third-order valence-corrected chi connectivity index (χ3v) is 12.0. The highest BCUT2D eigenvalue weighted by Crippen LogP contribution is 2.37. The van der Waals surface area contributed by atoms with Crippen LogP contribution in [0.5, 0.6) is 11.5 Å². The Labute approximate surface area is 229 Å². The molecule has 0 aromatic heterocycles. The molecule has 0 aliphatic carbocycles. The molecule has 0 saturated heterocycles. The van der Waals surface area contributed by atoms with Crippen LogP contribution in [0.3, 0.4) is 0 Å². The Hall–Kier alpha value is -2.64. The molecular formula is C32H44O5Si. The van der Waals surface area contributed by atoms with E-state index in [9.17, 15) is 5.11 Å². The maximum absolute atomic E-state index is 11.2. The second-order valence-electron chi connectivity index (χ2n) is 10.8. The molecular weight excluding hydrogens is 492 g/mol. The third-order valence-electron chi connectivity index (χ3n) is 7.03. The fraction of sp³-hybridized carbons (Fsp3) is 0.438. The summed E-state index contributed by atoms with van der Waals surface area (Å²) >= 11 is 0. The molecule has 1 N–H and O–H groups in total. The number of ether oxygens (including phenoxy) is 3. The van der Waals surface area contributed by atoms with Gasteiger partial charge in [-0.3, -0.25) is 0 Å². The minimum absolute atomic E-state index is 0.0997. The van der Waals surface area contributed by atoms with Gasteiger partial charge < -0.3 is 23.7 Å². The van der Waals surface area contributed by atoms with Gasteiger partial charge in [-0.05, 0) is 46.1 Å². The molecule has 0 saturated carbocycles. The number of hydrogen-bond donors (Lipinski definition) is 1. The van der Waals surface area contributed by atoms with Crippen LogP contribution in [0.2, 0.25) is 5.04 Å². The monoisotopic (exact) mass is 536 g/mol. The van der Waals surface area contributed by atoms with Crippen molar-refractivity contribution < 1.29 is 23.7 Å². The summed E-state index contributed by atoms with van der Waals surface area (Å²) < 4.78 is 24.0. The first-order valence-corrected chi connectivity index (χ1v) is 15.5. The smallest absolute Gasteiger partial charge is 0.261 e. The molecule has 38 heavy (non-hydrogen) atoms. The number of hydrogen-bond acceptors (Lipinski definition) is 5. The Morgan fingerprint density at radius 2 is 1.34 bits per heavy atom. The zero-order valence-electron chi connectivity index (χ0n) is 23.6. The summed E-state index contributed by atoms with van der Waals surface area (Å²) in [6.45, 7) is 9.78. The van der Waals surface area contributed by atoms with Gasteiger partial charge in [0.25, 0.3) is 8.32 Å². The van der Waals surface area contributed by atoms with E-state index in [1.165, 1.54) is 10.4 Å². The molecule has 0 radical (unpaired) electrons. The third kappa shape index (κ3) is 7.70. The van der Waals surface area contributed by atoms with Crippen molar-refractivity contribution in [1.82, 2.24) is 0 Å². The highest BCUT2D eigenvalue weighted by atomic mass is 28.4. The van der Waals surface area contributed by atoms with Crippen molar-refractivity contribution in [2.75, 3.05) is 27.1 Å². The van der Waals surface area contributed by atoms with Crippen molar-refractivity contribution in [1.29, 1.82) is 0 Å². The zero-order valence-corrected chi connectivity index (χ0v) is 24.6. The Morgan fingerprint density at radius 1 is 0.789 bits per heavy atom. The Morgan fingerprint density at radius 3 is 1.84 bits per heavy atom. The molecule has 0 aliphatic rings. The Balaban J connectivity index is 1.79. The maximum atomic E-state index is 11.2. The highest BCUT2D eigenvalue weighted by Gasteiger charge is 2.50. The van der Waals surface area contributed by atoms with Crippen LogP contribution in [0, 0.1) is 5.92 Å². The van der Waals surface area contributed by atoms with Crippen LogP contribution in [0.25, 0.3) is 0 Å². The zero-order chi connectivity index (χ0) is 27.4. The predicted molar refractivity (Wildman–Crippen MR) is 157 cm³/mol. The lowest BCUT2D eigenvalue weighted by atomic mass is 9.99. The summed E-state index contributed by atoms with van der Waals surface area (Å²) in [5.74, 6) is 1.30. The summed E-state index contributed by atoms with van der Waals surface area (Å²) in [5, 5.41) is 13.5. The van der Waals surface area contributed by atoms with Gasteiger partial charge in [-0.15, -0.1) is 0 Å². The van der Waals surface area contributed by atoms with E-state index in [4.69, 9.17) is 18.6 Å². The summed E-state index contributed by atoms with van der Waals surface area (Å²) in [6, 6.07) is 28.6. The minimum Gasteiger partial charge on any atom is -0.497 e. The van der Waals surface area contributed by atoms with Gasteiger partial charge in [0.05, 0.1) is 19.8 Å². The first-order valence-electron chi connectivity index (χ1n) is 13.6. The number of aliphatic hydroxyl groups is 1. The van der Waals surface area contributed by atoms with Gasteiger partial charge in [-0.25, -0.2) is 0 Å². The van der Waals surface area contributed by atoms with Crippen molar-refractivity contribution in [2.24, 2.45) is 5.92 Å². The first-order chi connectivity index (χ1) is 18.3. The van der Waals surface area contributed by atoms with Gasteiger partial charge in [0, 0.05) is 12.5 Å². The molecule has 0 aliphatic heterocycles. The van der Waals surface area contributed by atoms with E-state index in [1.54, 1.807) is 7.11 Å². The molecule has 0 amide bonds. The van der Waals surface area contributed by atoms with Crippen molar-refractivity contribution in [3.63, 3.8) is 0 Å². The number of methoxy groups -OCH3 is 1. The van der Waals surface area contributed by atoms with Gasteiger partial charge in [-0.1, -0.05) is 101 Å². The van der Waals surface area contributed by atoms with E-state index >= 15 is 0 Å². The second-order valence-corrected chi connectivity index (χ2v) is 15.1. The summed E-state index contributed by atoms with van der Waals surface area (Å²) in [7, 11) is -1.07. The largest absolute Gasteiger partial charge is 0.497 e. The SMILES string of the molecule is CCCC[C@H](O)[C@@H](COCOc1ccc(OC)cc1)CO[Si](c1ccccc1)(c1ccccc1)C(C)(C)C. The Kier molecular flexibility index (Phi) is 11.4. The predicted octanol–water partition coefficient (Wildman–Crippen LogP) is 5.79. The summed E-state index contributed by atoms with van der Waals surface area (Å²) in [5.41, 5.74) is 0. The van der Waals surface area contributed by atoms with E-state index in [0.29, 0.717) is 25.4 Å². The molecule has 0 heterocycles. The van der Waals surface area contributed by atoms with Gasteiger partial charge in [0.15, 0.2) is 6.79 Å². The molecule has 2 atom stereocenters. The van der Waals surface area contributed by atoms with Gasteiger partial charge in [0.1, 0.15) is 11.5 Å². The number of aliphatic hydroxyl groups excluding tert-OH is 1. The van der Waals surface area contributed by atoms with Crippen LogP contribution in [-0.4, -0.2) is 46.6 Å². The minimum atomic E-state index is -2.71. The maximum Gasteiger partial charge on any atom is 0.261 e. The van der Waals surface area contributed by atoms with E-state index in [1.807, 2.05) is 36.4 Å². The van der Waals surface area contributed by atoms with Crippen LogP contribution in [0.15, 0.2) is 84.9 Å². The molecule has 0 fully saturated rings. The average Bonchev–Trinajstić information content (AvgIpc) is 2.93. The Bertz CT molecular complexity index is 1010. The van der Waals surface area contributed by atoms with Gasteiger partial charge in [-0.2, -0.15) is 0 Å². The lowest BCUT2D eigenvalue weighted by molar-refractivity contribution is -0.0433. The van der Waals surface area contributed by atoms with Crippen LogP contribution in [0.4, 0.5) is 0 Å². The highest BCUT2D eigenvalue weighted by molar-refractivity contribution is 6.99. The van der Waals surface area contributed by atoms with E-state index < -0.39 is 14.4 Å².